The summed E-state index contributed by atoms with van der Waals surface area (Å²) in [6, 6.07) is 5.09. The Morgan fingerprint density at radius 3 is 2.48 bits per heavy atom. The summed E-state index contributed by atoms with van der Waals surface area (Å²) in [6.07, 6.45) is 4.53. The third-order valence-corrected chi connectivity index (χ3v) is 3.65. The van der Waals surface area contributed by atoms with E-state index >= 15 is 0 Å². The van der Waals surface area contributed by atoms with Gasteiger partial charge in [0, 0.05) is 18.8 Å². The van der Waals surface area contributed by atoms with Crippen LogP contribution < -0.4 is 20.1 Å². The highest BCUT2D eigenvalue weighted by atomic mass is 16.5. The van der Waals surface area contributed by atoms with Crippen molar-refractivity contribution < 1.29 is 19.1 Å². The van der Waals surface area contributed by atoms with E-state index in [1.165, 1.54) is 11.9 Å². The molecule has 1 aliphatic rings. The summed E-state index contributed by atoms with van der Waals surface area (Å²) >= 11 is 0. The molecule has 6 nitrogen and oxygen atoms in total. The normalized spacial score (nSPS) is 14.8. The fraction of sp³-hybridized carbons (Fsp3) is 0.467. The number of amides is 2. The molecule has 1 aromatic rings. The number of methoxy groups -OCH3 is 1. The highest BCUT2D eigenvalue weighted by Crippen LogP contribution is 2.34. The highest BCUT2D eigenvalue weighted by Gasteiger charge is 2.21. The number of hydrogen-bond donors (Lipinski definition) is 1. The second kappa shape index (κ2) is 6.47. The van der Waals surface area contributed by atoms with E-state index in [0.717, 1.165) is 25.7 Å². The molecule has 21 heavy (non-hydrogen) atoms. The van der Waals surface area contributed by atoms with Gasteiger partial charge in [0.2, 0.25) is 0 Å². The molecule has 0 unspecified atom stereocenters. The van der Waals surface area contributed by atoms with Crippen molar-refractivity contribution in [3.8, 4) is 11.5 Å². The molecule has 0 aliphatic heterocycles. The van der Waals surface area contributed by atoms with Gasteiger partial charge < -0.3 is 20.1 Å². The summed E-state index contributed by atoms with van der Waals surface area (Å²) in [5.74, 6) is -0.588. The van der Waals surface area contributed by atoms with Gasteiger partial charge in [0.25, 0.3) is 0 Å². The quantitative estimate of drug-likeness (QED) is 0.852. The minimum Gasteiger partial charge on any atom is -0.493 e. The first kappa shape index (κ1) is 15.2. The molecule has 0 heterocycles. The Kier molecular flexibility index (Phi) is 4.67. The van der Waals surface area contributed by atoms with Crippen LogP contribution >= 0.6 is 0 Å². The Balaban J connectivity index is 2.23. The van der Waals surface area contributed by atoms with E-state index in [1.807, 2.05) is 0 Å². The molecular weight excluding hydrogens is 272 g/mol. The Morgan fingerprint density at radius 2 is 1.90 bits per heavy atom. The van der Waals surface area contributed by atoms with Crippen LogP contribution in [-0.2, 0) is 9.59 Å². The van der Waals surface area contributed by atoms with E-state index in [4.69, 9.17) is 15.2 Å². The van der Waals surface area contributed by atoms with Gasteiger partial charge >= 0.3 is 11.8 Å². The van der Waals surface area contributed by atoms with Crippen molar-refractivity contribution >= 4 is 17.5 Å². The van der Waals surface area contributed by atoms with Crippen LogP contribution in [0, 0.1) is 0 Å². The summed E-state index contributed by atoms with van der Waals surface area (Å²) in [5, 5.41) is 0. The number of benzene rings is 1. The van der Waals surface area contributed by atoms with Gasteiger partial charge in [0.15, 0.2) is 11.5 Å². The minimum absolute atomic E-state index is 0.172. The molecule has 0 radical (unpaired) electrons. The van der Waals surface area contributed by atoms with Gasteiger partial charge in [-0.2, -0.15) is 0 Å². The lowest BCUT2D eigenvalue weighted by Crippen LogP contribution is -2.37. The molecule has 0 aromatic heterocycles. The first-order valence-corrected chi connectivity index (χ1v) is 6.95. The molecular formula is C15H20N2O4. The van der Waals surface area contributed by atoms with Crippen molar-refractivity contribution in [1.82, 2.24) is 0 Å². The number of anilines is 1. The maximum absolute atomic E-state index is 11.6. The van der Waals surface area contributed by atoms with E-state index in [0.29, 0.717) is 17.2 Å². The SMILES string of the molecule is COc1ccc(N(C)C(=O)C(N)=O)cc1OC1CCCC1. The number of nitrogens with zero attached hydrogens (tertiary/aromatic N) is 1. The molecule has 2 N–H and O–H groups in total. The third kappa shape index (κ3) is 3.45. The van der Waals surface area contributed by atoms with Crippen LogP contribution in [0.2, 0.25) is 0 Å². The maximum atomic E-state index is 11.6. The zero-order chi connectivity index (χ0) is 15.4. The molecule has 114 valence electrons. The van der Waals surface area contributed by atoms with Gasteiger partial charge in [-0.15, -0.1) is 0 Å². The number of hydrogen-bond acceptors (Lipinski definition) is 4. The zero-order valence-corrected chi connectivity index (χ0v) is 12.3. The Labute approximate surface area is 123 Å². The van der Waals surface area contributed by atoms with Crippen LogP contribution in [0.1, 0.15) is 25.7 Å². The number of carbonyl (C=O) groups excluding carboxylic acids is 2. The van der Waals surface area contributed by atoms with Crippen molar-refractivity contribution in [2.45, 2.75) is 31.8 Å². The Bertz CT molecular complexity index is 538. The standard InChI is InChI=1S/C15H20N2O4/c1-17(15(19)14(16)18)10-7-8-12(20-2)13(9-10)21-11-5-3-4-6-11/h7-9,11H,3-6H2,1-2H3,(H2,16,18). The second-order valence-electron chi connectivity index (χ2n) is 5.09. The molecule has 0 saturated heterocycles. The van der Waals surface area contributed by atoms with Crippen molar-refractivity contribution in [2.24, 2.45) is 5.73 Å². The largest absolute Gasteiger partial charge is 0.493 e. The molecule has 0 spiro atoms. The van der Waals surface area contributed by atoms with E-state index in [-0.39, 0.29) is 6.10 Å². The van der Waals surface area contributed by atoms with Crippen LogP contribution in [0.3, 0.4) is 0 Å². The fourth-order valence-corrected chi connectivity index (χ4v) is 2.43. The van der Waals surface area contributed by atoms with E-state index in [9.17, 15) is 9.59 Å². The number of carbonyl (C=O) groups is 2. The maximum Gasteiger partial charge on any atom is 0.315 e. The van der Waals surface area contributed by atoms with Crippen LogP contribution in [0.4, 0.5) is 5.69 Å². The second-order valence-corrected chi connectivity index (χ2v) is 5.09. The molecule has 1 fully saturated rings. The summed E-state index contributed by atoms with van der Waals surface area (Å²) in [6.45, 7) is 0. The minimum atomic E-state index is -0.994. The summed E-state index contributed by atoms with van der Waals surface area (Å²) in [7, 11) is 3.06. The van der Waals surface area contributed by atoms with Crippen molar-refractivity contribution in [3.63, 3.8) is 0 Å². The fourth-order valence-electron chi connectivity index (χ4n) is 2.43. The van der Waals surface area contributed by atoms with Crippen LogP contribution in [0.15, 0.2) is 18.2 Å². The Hall–Kier alpha value is -2.24. The molecule has 1 aromatic carbocycles. The number of rotatable bonds is 4. The van der Waals surface area contributed by atoms with Gasteiger partial charge in [-0.1, -0.05) is 0 Å². The van der Waals surface area contributed by atoms with Crippen molar-refractivity contribution in [2.75, 3.05) is 19.1 Å². The topological polar surface area (TPSA) is 81.9 Å². The van der Waals surface area contributed by atoms with Crippen LogP contribution in [0.25, 0.3) is 0 Å². The average Bonchev–Trinajstić information content (AvgIpc) is 2.98. The summed E-state index contributed by atoms with van der Waals surface area (Å²) < 4.78 is 11.2. The van der Waals surface area contributed by atoms with Gasteiger partial charge in [0.05, 0.1) is 13.2 Å². The predicted molar refractivity (Wildman–Crippen MR) is 78.5 cm³/mol. The monoisotopic (exact) mass is 292 g/mol. The van der Waals surface area contributed by atoms with E-state index in [1.54, 1.807) is 25.3 Å². The van der Waals surface area contributed by atoms with E-state index in [2.05, 4.69) is 0 Å². The van der Waals surface area contributed by atoms with Gasteiger partial charge in [-0.05, 0) is 37.8 Å². The molecule has 1 saturated carbocycles. The average molecular weight is 292 g/mol. The van der Waals surface area contributed by atoms with Crippen molar-refractivity contribution in [3.05, 3.63) is 18.2 Å². The molecule has 6 heteroatoms. The molecule has 0 atom stereocenters. The number of nitrogens with two attached hydrogens (primary N) is 1. The van der Waals surface area contributed by atoms with Gasteiger partial charge in [-0.25, -0.2) is 0 Å². The number of ether oxygens (including phenoxy) is 2. The summed E-state index contributed by atoms with van der Waals surface area (Å²) in [4.78, 5) is 23.8. The summed E-state index contributed by atoms with van der Waals surface area (Å²) in [5.41, 5.74) is 5.55. The smallest absolute Gasteiger partial charge is 0.315 e. The van der Waals surface area contributed by atoms with Crippen LogP contribution in [-0.4, -0.2) is 32.1 Å². The lowest BCUT2D eigenvalue weighted by Gasteiger charge is -2.20. The predicted octanol–water partition coefficient (Wildman–Crippen LogP) is 1.46. The van der Waals surface area contributed by atoms with Gasteiger partial charge in [-0.3, -0.25) is 9.59 Å². The number of likely N-dealkylation sites (N-methyl/N-ethyl adjacent to an activating group) is 1. The molecule has 1 aliphatic carbocycles. The molecule has 0 bridgehead atoms. The highest BCUT2D eigenvalue weighted by molar-refractivity contribution is 6.39. The van der Waals surface area contributed by atoms with E-state index < -0.39 is 11.8 Å². The zero-order valence-electron chi connectivity index (χ0n) is 12.3. The van der Waals surface area contributed by atoms with Gasteiger partial charge in [0.1, 0.15) is 0 Å². The van der Waals surface area contributed by atoms with Crippen molar-refractivity contribution in [1.29, 1.82) is 0 Å². The molecule has 2 rings (SSSR count). The lowest BCUT2D eigenvalue weighted by molar-refractivity contribution is -0.135. The van der Waals surface area contributed by atoms with Crippen LogP contribution in [0.5, 0.6) is 11.5 Å². The number of primary amides is 1. The third-order valence-electron chi connectivity index (χ3n) is 3.65. The Morgan fingerprint density at radius 1 is 1.24 bits per heavy atom. The lowest BCUT2D eigenvalue weighted by atomic mass is 10.2. The first-order chi connectivity index (χ1) is 10.0. The first-order valence-electron chi connectivity index (χ1n) is 6.95. The molecule has 2 amide bonds.